The van der Waals surface area contributed by atoms with Gasteiger partial charge in [0.2, 0.25) is 0 Å². The SMILES string of the molecule is CC(=NNC(=O)COc1ccccc1-c1ccccc1)c1ccc2c(c1)OCCO2. The Labute approximate surface area is 175 Å². The lowest BCUT2D eigenvalue weighted by Gasteiger charge is -2.18. The van der Waals surface area contributed by atoms with E-state index in [9.17, 15) is 4.79 Å². The van der Waals surface area contributed by atoms with Crippen molar-refractivity contribution in [3.8, 4) is 28.4 Å². The molecular formula is C24H22N2O4. The van der Waals surface area contributed by atoms with Gasteiger partial charge in [0.05, 0.1) is 5.71 Å². The zero-order valence-electron chi connectivity index (χ0n) is 16.6. The first-order chi connectivity index (χ1) is 14.7. The van der Waals surface area contributed by atoms with Crippen molar-refractivity contribution in [3.63, 3.8) is 0 Å². The van der Waals surface area contributed by atoms with E-state index in [0.29, 0.717) is 36.2 Å². The molecule has 152 valence electrons. The fourth-order valence-electron chi connectivity index (χ4n) is 3.10. The second-order valence-corrected chi connectivity index (χ2v) is 6.74. The molecule has 6 nitrogen and oxygen atoms in total. The molecule has 30 heavy (non-hydrogen) atoms. The topological polar surface area (TPSA) is 69.2 Å². The lowest BCUT2D eigenvalue weighted by atomic mass is 10.1. The molecule has 1 aliphatic heterocycles. The molecule has 1 heterocycles. The van der Waals surface area contributed by atoms with Crippen LogP contribution in [0.25, 0.3) is 11.1 Å². The Balaban J connectivity index is 1.38. The summed E-state index contributed by atoms with van der Waals surface area (Å²) in [6, 6.07) is 23.1. The van der Waals surface area contributed by atoms with E-state index in [1.54, 1.807) is 0 Å². The summed E-state index contributed by atoms with van der Waals surface area (Å²) in [5.74, 6) is 1.70. The number of ether oxygens (including phenoxy) is 3. The fourth-order valence-corrected chi connectivity index (χ4v) is 3.10. The van der Waals surface area contributed by atoms with Gasteiger partial charge in [-0.1, -0.05) is 48.5 Å². The Morgan fingerprint density at radius 2 is 1.70 bits per heavy atom. The Morgan fingerprint density at radius 1 is 0.967 bits per heavy atom. The van der Waals surface area contributed by atoms with Crippen molar-refractivity contribution < 1.29 is 19.0 Å². The zero-order valence-corrected chi connectivity index (χ0v) is 16.6. The third-order valence-electron chi connectivity index (χ3n) is 4.64. The van der Waals surface area contributed by atoms with Crippen molar-refractivity contribution in [2.45, 2.75) is 6.92 Å². The maximum Gasteiger partial charge on any atom is 0.277 e. The molecule has 1 aliphatic rings. The highest BCUT2D eigenvalue weighted by atomic mass is 16.6. The predicted molar refractivity (Wildman–Crippen MR) is 115 cm³/mol. The number of hydrogen-bond donors (Lipinski definition) is 1. The molecule has 6 heteroatoms. The number of fused-ring (bicyclic) bond motifs is 1. The van der Waals surface area contributed by atoms with Gasteiger partial charge in [-0.3, -0.25) is 4.79 Å². The van der Waals surface area contributed by atoms with Crippen molar-refractivity contribution in [2.75, 3.05) is 19.8 Å². The van der Waals surface area contributed by atoms with Gasteiger partial charge in [0.15, 0.2) is 18.1 Å². The highest BCUT2D eigenvalue weighted by Gasteiger charge is 2.13. The fraction of sp³-hybridized carbons (Fsp3) is 0.167. The summed E-state index contributed by atoms with van der Waals surface area (Å²) in [4.78, 5) is 12.2. The van der Waals surface area contributed by atoms with Gasteiger partial charge in [-0.25, -0.2) is 5.43 Å². The second-order valence-electron chi connectivity index (χ2n) is 6.74. The number of para-hydroxylation sites is 1. The molecule has 0 spiro atoms. The molecule has 0 saturated heterocycles. The minimum Gasteiger partial charge on any atom is -0.486 e. The Hall–Kier alpha value is -3.80. The lowest BCUT2D eigenvalue weighted by molar-refractivity contribution is -0.123. The number of hydrogen-bond acceptors (Lipinski definition) is 5. The number of nitrogens with zero attached hydrogens (tertiary/aromatic N) is 1. The third kappa shape index (κ3) is 4.60. The van der Waals surface area contributed by atoms with Crippen LogP contribution in [0.3, 0.4) is 0 Å². The summed E-state index contributed by atoms with van der Waals surface area (Å²) >= 11 is 0. The van der Waals surface area contributed by atoms with Crippen molar-refractivity contribution >= 4 is 11.6 Å². The first-order valence-corrected chi connectivity index (χ1v) is 9.71. The molecule has 0 bridgehead atoms. The van der Waals surface area contributed by atoms with Gasteiger partial charge >= 0.3 is 0 Å². The number of benzene rings is 3. The van der Waals surface area contributed by atoms with Gasteiger partial charge in [-0.2, -0.15) is 5.10 Å². The minimum absolute atomic E-state index is 0.137. The molecule has 0 unspecified atom stereocenters. The van der Waals surface area contributed by atoms with E-state index >= 15 is 0 Å². The third-order valence-corrected chi connectivity index (χ3v) is 4.64. The molecule has 0 aromatic heterocycles. The average molecular weight is 402 g/mol. The Morgan fingerprint density at radius 3 is 2.53 bits per heavy atom. The second kappa shape index (κ2) is 9.13. The quantitative estimate of drug-likeness (QED) is 0.499. The number of rotatable bonds is 6. The van der Waals surface area contributed by atoms with Crippen LogP contribution in [0, 0.1) is 0 Å². The lowest BCUT2D eigenvalue weighted by Crippen LogP contribution is -2.25. The van der Waals surface area contributed by atoms with E-state index < -0.39 is 0 Å². The van der Waals surface area contributed by atoms with Gasteiger partial charge in [0.25, 0.3) is 5.91 Å². The van der Waals surface area contributed by atoms with Crippen molar-refractivity contribution in [2.24, 2.45) is 5.10 Å². The zero-order chi connectivity index (χ0) is 20.8. The van der Waals surface area contributed by atoms with E-state index in [0.717, 1.165) is 16.7 Å². The normalized spacial score (nSPS) is 12.9. The van der Waals surface area contributed by atoms with Crippen LogP contribution in [0.5, 0.6) is 17.2 Å². The molecule has 0 aliphatic carbocycles. The molecule has 0 atom stereocenters. The van der Waals surface area contributed by atoms with E-state index in [-0.39, 0.29) is 12.5 Å². The summed E-state index contributed by atoms with van der Waals surface area (Å²) < 4.78 is 16.9. The van der Waals surface area contributed by atoms with Gasteiger partial charge < -0.3 is 14.2 Å². The van der Waals surface area contributed by atoms with E-state index in [1.165, 1.54) is 0 Å². The molecule has 1 amide bonds. The summed E-state index contributed by atoms with van der Waals surface area (Å²) in [5, 5.41) is 4.18. The van der Waals surface area contributed by atoms with Crippen LogP contribution in [0.4, 0.5) is 0 Å². The molecule has 0 fully saturated rings. The maximum absolute atomic E-state index is 12.2. The molecule has 3 aromatic carbocycles. The van der Waals surface area contributed by atoms with Gasteiger partial charge in [-0.15, -0.1) is 0 Å². The first kappa shape index (κ1) is 19.5. The van der Waals surface area contributed by atoms with Crippen LogP contribution >= 0.6 is 0 Å². The molecule has 0 radical (unpaired) electrons. The van der Waals surface area contributed by atoms with Crippen molar-refractivity contribution in [1.82, 2.24) is 5.43 Å². The number of nitrogens with one attached hydrogen (secondary N) is 1. The molecule has 3 aromatic rings. The van der Waals surface area contributed by atoms with E-state index in [1.807, 2.05) is 79.7 Å². The summed E-state index contributed by atoms with van der Waals surface area (Å²) in [7, 11) is 0. The average Bonchev–Trinajstić information content (AvgIpc) is 2.81. The highest BCUT2D eigenvalue weighted by Crippen LogP contribution is 2.31. The Bertz CT molecular complexity index is 1060. The molecular weight excluding hydrogens is 380 g/mol. The smallest absolute Gasteiger partial charge is 0.277 e. The summed E-state index contributed by atoms with van der Waals surface area (Å²) in [5.41, 5.74) is 6.00. The summed E-state index contributed by atoms with van der Waals surface area (Å²) in [6.45, 7) is 2.74. The number of carbonyl (C=O) groups excluding carboxylic acids is 1. The predicted octanol–water partition coefficient (Wildman–Crippen LogP) is 4.04. The van der Waals surface area contributed by atoms with Crippen LogP contribution in [0.15, 0.2) is 77.9 Å². The summed E-state index contributed by atoms with van der Waals surface area (Å²) in [6.07, 6.45) is 0. The van der Waals surface area contributed by atoms with Gasteiger partial charge in [0, 0.05) is 11.1 Å². The van der Waals surface area contributed by atoms with Crippen LogP contribution < -0.4 is 19.6 Å². The standard InChI is InChI=1S/C24H22N2O4/c1-17(19-11-12-22-23(15-19)29-14-13-28-22)25-26-24(27)16-30-21-10-6-5-9-20(21)18-7-3-2-4-8-18/h2-12,15H,13-14,16H2,1H3,(H,26,27). The monoisotopic (exact) mass is 402 g/mol. The minimum atomic E-state index is -0.338. The van der Waals surface area contributed by atoms with Crippen LogP contribution in [0.1, 0.15) is 12.5 Å². The van der Waals surface area contributed by atoms with Crippen LogP contribution in [-0.4, -0.2) is 31.4 Å². The van der Waals surface area contributed by atoms with Crippen LogP contribution in [-0.2, 0) is 4.79 Å². The van der Waals surface area contributed by atoms with E-state index in [4.69, 9.17) is 14.2 Å². The van der Waals surface area contributed by atoms with E-state index in [2.05, 4.69) is 10.5 Å². The van der Waals surface area contributed by atoms with Crippen molar-refractivity contribution in [1.29, 1.82) is 0 Å². The van der Waals surface area contributed by atoms with Gasteiger partial charge in [-0.05, 0) is 36.8 Å². The number of amides is 1. The Kier molecular flexibility index (Phi) is 5.94. The molecule has 4 rings (SSSR count). The highest BCUT2D eigenvalue weighted by molar-refractivity contribution is 5.99. The maximum atomic E-state index is 12.2. The van der Waals surface area contributed by atoms with Gasteiger partial charge in [0.1, 0.15) is 19.0 Å². The van der Waals surface area contributed by atoms with Crippen molar-refractivity contribution in [3.05, 3.63) is 78.4 Å². The molecule has 1 N–H and O–H groups in total. The number of carbonyl (C=O) groups is 1. The largest absolute Gasteiger partial charge is 0.486 e. The number of hydrazone groups is 1. The first-order valence-electron chi connectivity index (χ1n) is 9.71. The van der Waals surface area contributed by atoms with Crippen LogP contribution in [0.2, 0.25) is 0 Å². The molecule has 0 saturated carbocycles.